The molecule has 0 spiro atoms. The van der Waals surface area contributed by atoms with Crippen LogP contribution in [0.15, 0.2) is 24.3 Å². The predicted octanol–water partition coefficient (Wildman–Crippen LogP) is 1.22. The molecule has 0 unspecified atom stereocenters. The number of rotatable bonds is 4. The van der Waals surface area contributed by atoms with Crippen molar-refractivity contribution >= 4 is 17.6 Å². The number of hydrogen-bond acceptors (Lipinski definition) is 6. The van der Waals surface area contributed by atoms with Crippen LogP contribution in [0.1, 0.15) is 18.9 Å². The summed E-state index contributed by atoms with van der Waals surface area (Å²) in [7, 11) is 0. The van der Waals surface area contributed by atoms with E-state index in [0.717, 1.165) is 0 Å². The SMILES string of the molecule is C[C@@H]1C[C@H](OC(=O)CNc2ccc(C#N)cc2)C(=O)O1. The molecular weight excluding hydrogens is 260 g/mol. The number of nitriles is 1. The number of anilines is 1. The third-order valence-electron chi connectivity index (χ3n) is 2.85. The molecule has 2 rings (SSSR count). The van der Waals surface area contributed by atoms with E-state index in [1.54, 1.807) is 31.2 Å². The number of benzene rings is 1. The van der Waals surface area contributed by atoms with Crippen molar-refractivity contribution in [3.63, 3.8) is 0 Å². The molecule has 1 aromatic rings. The van der Waals surface area contributed by atoms with Crippen LogP contribution in [0.3, 0.4) is 0 Å². The first kappa shape index (κ1) is 13.9. The number of nitrogens with zero attached hydrogens (tertiary/aromatic N) is 1. The van der Waals surface area contributed by atoms with Gasteiger partial charge in [0.2, 0.25) is 6.10 Å². The van der Waals surface area contributed by atoms with Crippen molar-refractivity contribution in [1.82, 2.24) is 0 Å². The lowest BCUT2D eigenvalue weighted by molar-refractivity contribution is -0.159. The zero-order chi connectivity index (χ0) is 14.5. The van der Waals surface area contributed by atoms with Crippen LogP contribution in [-0.4, -0.2) is 30.7 Å². The lowest BCUT2D eigenvalue weighted by Crippen LogP contribution is -2.26. The van der Waals surface area contributed by atoms with Crippen LogP contribution in [0.5, 0.6) is 0 Å². The van der Waals surface area contributed by atoms with Crippen LogP contribution < -0.4 is 5.32 Å². The first-order valence-corrected chi connectivity index (χ1v) is 6.22. The average molecular weight is 274 g/mol. The zero-order valence-electron chi connectivity index (χ0n) is 11.0. The summed E-state index contributed by atoms with van der Waals surface area (Å²) in [6.45, 7) is 1.70. The number of nitrogens with one attached hydrogen (secondary N) is 1. The number of carbonyl (C=O) groups excluding carboxylic acids is 2. The van der Waals surface area contributed by atoms with Crippen molar-refractivity contribution in [3.05, 3.63) is 29.8 Å². The smallest absolute Gasteiger partial charge is 0.347 e. The Morgan fingerprint density at radius 2 is 2.20 bits per heavy atom. The molecule has 0 saturated carbocycles. The summed E-state index contributed by atoms with van der Waals surface area (Å²) in [5, 5.41) is 11.5. The van der Waals surface area contributed by atoms with Crippen molar-refractivity contribution in [2.75, 3.05) is 11.9 Å². The first-order valence-electron chi connectivity index (χ1n) is 6.22. The third kappa shape index (κ3) is 3.48. The second-order valence-electron chi connectivity index (χ2n) is 4.50. The van der Waals surface area contributed by atoms with Gasteiger partial charge in [-0.2, -0.15) is 5.26 Å². The fourth-order valence-corrected chi connectivity index (χ4v) is 1.85. The molecule has 0 bridgehead atoms. The quantitative estimate of drug-likeness (QED) is 0.830. The molecule has 1 aliphatic rings. The summed E-state index contributed by atoms with van der Waals surface area (Å²) >= 11 is 0. The van der Waals surface area contributed by atoms with Crippen LogP contribution in [0.4, 0.5) is 5.69 Å². The Kier molecular flexibility index (Phi) is 4.20. The molecule has 1 saturated heterocycles. The van der Waals surface area contributed by atoms with Crippen LogP contribution in [0.2, 0.25) is 0 Å². The molecule has 2 atom stereocenters. The Morgan fingerprint density at radius 1 is 1.50 bits per heavy atom. The first-order chi connectivity index (χ1) is 9.58. The van der Waals surface area contributed by atoms with Gasteiger partial charge in [0, 0.05) is 12.1 Å². The van der Waals surface area contributed by atoms with Gasteiger partial charge in [0.1, 0.15) is 12.6 Å². The topological polar surface area (TPSA) is 88.4 Å². The molecule has 1 aromatic carbocycles. The monoisotopic (exact) mass is 274 g/mol. The summed E-state index contributed by atoms with van der Waals surface area (Å²) in [4.78, 5) is 22.9. The van der Waals surface area contributed by atoms with E-state index in [2.05, 4.69) is 5.32 Å². The largest absolute Gasteiger partial charge is 0.460 e. The second-order valence-corrected chi connectivity index (χ2v) is 4.50. The minimum Gasteiger partial charge on any atom is -0.460 e. The highest BCUT2D eigenvalue weighted by Crippen LogP contribution is 2.17. The van der Waals surface area contributed by atoms with Crippen LogP contribution >= 0.6 is 0 Å². The van der Waals surface area contributed by atoms with Crippen molar-refractivity contribution < 1.29 is 19.1 Å². The van der Waals surface area contributed by atoms with Crippen LogP contribution in [0, 0.1) is 11.3 Å². The number of cyclic esters (lactones) is 1. The van der Waals surface area contributed by atoms with Gasteiger partial charge in [-0.3, -0.25) is 4.79 Å². The van der Waals surface area contributed by atoms with E-state index < -0.39 is 18.0 Å². The maximum atomic E-state index is 11.6. The predicted molar refractivity (Wildman–Crippen MR) is 69.7 cm³/mol. The molecule has 0 aliphatic carbocycles. The molecule has 1 aliphatic heterocycles. The lowest BCUT2D eigenvalue weighted by atomic mass is 10.2. The molecule has 1 N–H and O–H groups in total. The van der Waals surface area contributed by atoms with Crippen LogP contribution in [-0.2, 0) is 19.1 Å². The molecule has 20 heavy (non-hydrogen) atoms. The van der Waals surface area contributed by atoms with Crippen molar-refractivity contribution in [2.45, 2.75) is 25.6 Å². The van der Waals surface area contributed by atoms with Crippen molar-refractivity contribution in [2.24, 2.45) is 0 Å². The molecule has 0 amide bonds. The summed E-state index contributed by atoms with van der Waals surface area (Å²) in [6.07, 6.45) is -0.631. The van der Waals surface area contributed by atoms with Gasteiger partial charge in [0.25, 0.3) is 0 Å². The van der Waals surface area contributed by atoms with Gasteiger partial charge in [-0.15, -0.1) is 0 Å². The highest BCUT2D eigenvalue weighted by molar-refractivity contribution is 5.82. The summed E-state index contributed by atoms with van der Waals surface area (Å²) in [5.41, 5.74) is 1.24. The van der Waals surface area contributed by atoms with E-state index in [0.29, 0.717) is 17.7 Å². The van der Waals surface area contributed by atoms with E-state index in [1.165, 1.54) is 0 Å². The Morgan fingerprint density at radius 3 is 2.75 bits per heavy atom. The Bertz CT molecular complexity index is 547. The van der Waals surface area contributed by atoms with Crippen molar-refractivity contribution in [1.29, 1.82) is 5.26 Å². The normalized spacial score (nSPS) is 20.9. The van der Waals surface area contributed by atoms with Crippen LogP contribution in [0.25, 0.3) is 0 Å². The van der Waals surface area contributed by atoms with Gasteiger partial charge in [-0.05, 0) is 31.2 Å². The Labute approximate surface area is 116 Å². The van der Waals surface area contributed by atoms with E-state index in [-0.39, 0.29) is 12.6 Å². The molecule has 6 nitrogen and oxygen atoms in total. The molecule has 104 valence electrons. The molecular formula is C14H14N2O4. The minimum atomic E-state index is -0.805. The van der Waals surface area contributed by atoms with Gasteiger partial charge in [-0.1, -0.05) is 0 Å². The summed E-state index contributed by atoms with van der Waals surface area (Å²) in [5.74, 6) is -1.02. The fourth-order valence-electron chi connectivity index (χ4n) is 1.85. The molecule has 0 aromatic heterocycles. The average Bonchev–Trinajstić information content (AvgIpc) is 2.75. The maximum absolute atomic E-state index is 11.6. The standard InChI is InChI=1S/C14H14N2O4/c1-9-6-12(14(18)19-9)20-13(17)8-16-11-4-2-10(7-15)3-5-11/h2-5,9,12,16H,6,8H2,1H3/t9-,12+/m1/s1. The van der Waals surface area contributed by atoms with Gasteiger partial charge in [0.15, 0.2) is 0 Å². The maximum Gasteiger partial charge on any atom is 0.347 e. The number of ether oxygens (including phenoxy) is 2. The Hall–Kier alpha value is -2.55. The van der Waals surface area contributed by atoms with Gasteiger partial charge < -0.3 is 14.8 Å². The third-order valence-corrected chi connectivity index (χ3v) is 2.85. The van der Waals surface area contributed by atoms with E-state index in [9.17, 15) is 9.59 Å². The molecule has 6 heteroatoms. The molecule has 0 radical (unpaired) electrons. The highest BCUT2D eigenvalue weighted by Gasteiger charge is 2.34. The summed E-state index contributed by atoms with van der Waals surface area (Å²) in [6, 6.07) is 8.67. The summed E-state index contributed by atoms with van der Waals surface area (Å²) < 4.78 is 9.93. The van der Waals surface area contributed by atoms with Crippen molar-refractivity contribution in [3.8, 4) is 6.07 Å². The number of esters is 2. The van der Waals surface area contributed by atoms with E-state index in [4.69, 9.17) is 14.7 Å². The van der Waals surface area contributed by atoms with E-state index in [1.807, 2.05) is 6.07 Å². The van der Waals surface area contributed by atoms with E-state index >= 15 is 0 Å². The lowest BCUT2D eigenvalue weighted by Gasteiger charge is -2.09. The minimum absolute atomic E-state index is 0.0515. The Balaban J connectivity index is 1.80. The second kappa shape index (κ2) is 6.06. The number of carbonyl (C=O) groups is 2. The zero-order valence-corrected chi connectivity index (χ0v) is 11.0. The van der Waals surface area contributed by atoms with Gasteiger partial charge >= 0.3 is 11.9 Å². The number of hydrogen-bond donors (Lipinski definition) is 1. The molecule has 1 fully saturated rings. The van der Waals surface area contributed by atoms with Gasteiger partial charge in [-0.25, -0.2) is 4.79 Å². The fraction of sp³-hybridized carbons (Fsp3) is 0.357. The molecule has 1 heterocycles. The van der Waals surface area contributed by atoms with Gasteiger partial charge in [0.05, 0.1) is 11.6 Å². The highest BCUT2D eigenvalue weighted by atomic mass is 16.6.